The van der Waals surface area contributed by atoms with Gasteiger partial charge in [0.15, 0.2) is 0 Å². The average molecular weight is 1710 g/mol. The molecule has 666 valence electrons. The van der Waals surface area contributed by atoms with Gasteiger partial charge in [-0.25, -0.2) is 0 Å². The maximum Gasteiger partial charge on any atom is 0.136 e. The van der Waals surface area contributed by atoms with Crippen LogP contribution in [-0.2, 0) is 0 Å². The predicted molar refractivity (Wildman–Crippen MR) is 506 cm³/mol. The van der Waals surface area contributed by atoms with E-state index in [1.54, 1.807) is 0 Å². The van der Waals surface area contributed by atoms with Crippen LogP contribution in [0.2, 0.25) is 0 Å². The van der Waals surface area contributed by atoms with Crippen molar-refractivity contribution in [3.8, 4) is 175 Å². The number of hydrogen-bond acceptors (Lipinski definition) is 16. The summed E-state index contributed by atoms with van der Waals surface area (Å²) in [4.78, 5) is 0. The van der Waals surface area contributed by atoms with Crippen molar-refractivity contribution in [3.63, 3.8) is 0 Å². The Balaban J connectivity index is 1.20. The minimum Gasteiger partial charge on any atom is -0.494 e. The summed E-state index contributed by atoms with van der Waals surface area (Å²) in [6.07, 6.45) is 12.6. The van der Waals surface area contributed by atoms with E-state index in [1.807, 2.05) is 109 Å². The van der Waals surface area contributed by atoms with Gasteiger partial charge in [0, 0.05) is 72.8 Å². The van der Waals surface area contributed by atoms with Crippen molar-refractivity contribution in [1.29, 1.82) is 0 Å². The first-order valence-corrected chi connectivity index (χ1v) is 45.9. The van der Waals surface area contributed by atoms with Crippen LogP contribution in [0.15, 0.2) is 109 Å². The fourth-order valence-corrected chi connectivity index (χ4v) is 12.0. The summed E-state index contributed by atoms with van der Waals surface area (Å²) in [7, 11) is 0. The van der Waals surface area contributed by atoms with E-state index in [0.717, 1.165) is 114 Å². The lowest BCUT2D eigenvalue weighted by atomic mass is 10.0. The fraction of sp³-hybridized carbons (Fsp3) is 0.436. The smallest absolute Gasteiger partial charge is 0.136 e. The molecule has 0 spiro atoms. The first-order valence-electron chi connectivity index (χ1n) is 45.9. The van der Waals surface area contributed by atoms with Gasteiger partial charge in [0.25, 0.3) is 0 Å². The molecule has 0 amide bonds. The number of benzene rings is 8. The summed E-state index contributed by atoms with van der Waals surface area (Å²) in [5, 5.41) is 0. The lowest BCUT2D eigenvalue weighted by Gasteiger charge is -2.15. The molecular weight excluding hydrogens is 1580 g/mol. The zero-order valence-electron chi connectivity index (χ0n) is 77.6. The first-order chi connectivity index (χ1) is 61.8. The van der Waals surface area contributed by atoms with Gasteiger partial charge in [0.05, 0.1) is 184 Å². The minimum absolute atomic E-state index is 0.422. The Morgan fingerprint density at radius 1 is 0.127 bits per heavy atom. The Morgan fingerprint density at radius 2 is 0.230 bits per heavy atom. The molecule has 0 heterocycles. The van der Waals surface area contributed by atoms with E-state index in [-0.39, 0.29) is 0 Å². The molecule has 8 aromatic rings. The van der Waals surface area contributed by atoms with Crippen LogP contribution in [0.5, 0.6) is 92.0 Å². The predicted octanol–water partition coefficient (Wildman–Crippen LogP) is 24.1. The quantitative estimate of drug-likeness (QED) is 0.0333. The molecule has 0 bridgehead atoms. The molecule has 0 atom stereocenters. The molecule has 0 aliphatic rings. The second-order valence-corrected chi connectivity index (χ2v) is 29.7. The SMILES string of the molecule is CCCOc1ccc(OCCC)c(C#Cc2cc(OCCC)c(C#Cc3cc(OCCC)c(C#Cc4cc(OCCC)c(C#Cc5cc(OCCC)c(C#Cc6cc(OCCC)c(C#Cc7cc(OCCC)c(C#Cc8cc(OCCC)ccc8OCCC)cc7OCCC)cc6OCCC)cc5OCCC)cc4OCCC)cc3OCCC)cc2OCCC)c1. The standard InChI is InChI=1S/C110H130O16/c1-17-51-111-95-47-49-97(113-53-19-3)81(67-95)33-35-83-69-101(117-57-23-7)85(71-99(83)115-55-21-5)37-39-87-73-105(121-61-27-11)89(75-103(87)119-59-25-9)41-43-91-77-109(125-65-31-15)93(79-107(91)123-63-29-13)45-46-94-80-108(124-64-30-14)92(78-110(94)126-66-32-16)44-42-90-76-104(120-60-26-10)88(74-106(90)122-62-28-12)40-38-86-72-100(116-56-22-6)84(70-102(86)118-58-24-8)36-34-82-68-96(112-52-18-2)48-50-98(82)114-54-20-4/h47-50,67-80H,17-32,51-66H2,1-16H3. The van der Waals surface area contributed by atoms with E-state index in [1.165, 1.54) is 0 Å². The van der Waals surface area contributed by atoms with Crippen molar-refractivity contribution in [1.82, 2.24) is 0 Å². The van der Waals surface area contributed by atoms with Gasteiger partial charge in [-0.1, -0.05) is 194 Å². The highest BCUT2D eigenvalue weighted by Crippen LogP contribution is 2.38. The third kappa shape index (κ3) is 31.3. The van der Waals surface area contributed by atoms with Gasteiger partial charge in [-0.05, 0) is 139 Å². The van der Waals surface area contributed by atoms with Crippen molar-refractivity contribution in [2.45, 2.75) is 214 Å². The molecule has 0 unspecified atom stereocenters. The summed E-state index contributed by atoms with van der Waals surface area (Å²) in [5.41, 5.74) is 8.81. The molecule has 16 nitrogen and oxygen atoms in total. The molecule has 8 aromatic carbocycles. The second kappa shape index (κ2) is 56.4. The number of hydrogen-bond donors (Lipinski definition) is 0. The second-order valence-electron chi connectivity index (χ2n) is 29.7. The zero-order chi connectivity index (χ0) is 89.9. The Morgan fingerprint density at radius 3 is 0.349 bits per heavy atom. The highest BCUT2D eigenvalue weighted by atomic mass is 16.5. The van der Waals surface area contributed by atoms with Crippen LogP contribution < -0.4 is 75.8 Å². The molecule has 0 aromatic heterocycles. The summed E-state index contributed by atoms with van der Waals surface area (Å²) in [5.74, 6) is 57.7. The summed E-state index contributed by atoms with van der Waals surface area (Å²) >= 11 is 0. The van der Waals surface area contributed by atoms with E-state index in [0.29, 0.717) is 264 Å². The van der Waals surface area contributed by atoms with Crippen LogP contribution in [0.25, 0.3) is 0 Å². The summed E-state index contributed by atoms with van der Waals surface area (Å²) < 4.78 is 103. The van der Waals surface area contributed by atoms with Crippen LogP contribution in [0.3, 0.4) is 0 Å². The van der Waals surface area contributed by atoms with Crippen molar-refractivity contribution in [2.24, 2.45) is 0 Å². The minimum atomic E-state index is 0.422. The zero-order valence-corrected chi connectivity index (χ0v) is 77.6. The Kier molecular flexibility index (Phi) is 44.2. The summed E-state index contributed by atoms with van der Waals surface area (Å²) in [6.45, 7) is 40.7. The van der Waals surface area contributed by atoms with Gasteiger partial charge in [-0.3, -0.25) is 0 Å². The maximum absolute atomic E-state index is 6.58. The van der Waals surface area contributed by atoms with Crippen LogP contribution in [-0.4, -0.2) is 106 Å². The Hall–Kier alpha value is -12.5. The van der Waals surface area contributed by atoms with Gasteiger partial charge in [0.2, 0.25) is 0 Å². The van der Waals surface area contributed by atoms with Crippen LogP contribution in [0, 0.1) is 82.9 Å². The highest BCUT2D eigenvalue weighted by Gasteiger charge is 2.21. The molecule has 0 radical (unpaired) electrons. The van der Waals surface area contributed by atoms with Gasteiger partial charge in [0.1, 0.15) is 92.0 Å². The van der Waals surface area contributed by atoms with Crippen molar-refractivity contribution in [2.75, 3.05) is 106 Å². The molecule has 16 heteroatoms. The van der Waals surface area contributed by atoms with Gasteiger partial charge in [-0.2, -0.15) is 0 Å². The Labute approximate surface area is 752 Å². The van der Waals surface area contributed by atoms with Gasteiger partial charge in [-0.15, -0.1) is 0 Å². The number of rotatable bonds is 48. The average Bonchev–Trinajstić information content (AvgIpc) is 0.805. The lowest BCUT2D eigenvalue weighted by Crippen LogP contribution is -2.03. The van der Waals surface area contributed by atoms with Gasteiger partial charge >= 0.3 is 0 Å². The summed E-state index contributed by atoms with van der Waals surface area (Å²) in [6, 6.07) is 34.5. The third-order valence-electron chi connectivity index (χ3n) is 18.1. The molecule has 0 aliphatic carbocycles. The topological polar surface area (TPSA) is 148 Å². The molecular formula is C110H130O16. The molecule has 0 N–H and O–H groups in total. The van der Waals surface area contributed by atoms with E-state index >= 15 is 0 Å². The normalized spacial score (nSPS) is 10.3. The van der Waals surface area contributed by atoms with E-state index in [9.17, 15) is 0 Å². The van der Waals surface area contributed by atoms with Crippen molar-refractivity contribution >= 4 is 0 Å². The maximum atomic E-state index is 6.58. The first kappa shape index (κ1) is 98.9. The molecule has 0 aliphatic heterocycles. The van der Waals surface area contributed by atoms with Crippen molar-refractivity contribution in [3.05, 3.63) is 187 Å². The Bertz CT molecular complexity index is 4950. The van der Waals surface area contributed by atoms with Crippen LogP contribution in [0.1, 0.15) is 291 Å². The van der Waals surface area contributed by atoms with E-state index in [2.05, 4.69) is 194 Å². The van der Waals surface area contributed by atoms with Gasteiger partial charge < -0.3 is 75.8 Å². The largest absolute Gasteiger partial charge is 0.494 e. The molecule has 0 fully saturated rings. The molecule has 126 heavy (non-hydrogen) atoms. The van der Waals surface area contributed by atoms with Crippen LogP contribution in [0.4, 0.5) is 0 Å². The molecule has 8 rings (SSSR count). The third-order valence-corrected chi connectivity index (χ3v) is 18.1. The molecule has 0 saturated carbocycles. The fourth-order valence-electron chi connectivity index (χ4n) is 12.0. The van der Waals surface area contributed by atoms with Crippen molar-refractivity contribution < 1.29 is 75.8 Å². The lowest BCUT2D eigenvalue weighted by molar-refractivity contribution is 0.307. The molecule has 0 saturated heterocycles. The van der Waals surface area contributed by atoms with E-state index in [4.69, 9.17) is 75.8 Å². The van der Waals surface area contributed by atoms with E-state index < -0.39 is 0 Å². The monoisotopic (exact) mass is 1710 g/mol. The van der Waals surface area contributed by atoms with Crippen LogP contribution >= 0.6 is 0 Å². The number of ether oxygens (including phenoxy) is 16. The highest BCUT2D eigenvalue weighted by molar-refractivity contribution is 5.70.